The standard InChI is InChI=1S/C21H16ClF3N3S2.ClH/c1-13-4-3-9-28(19(13)12-29-30-16-6-2-5-15(22)11-16)20-26-17-8-7-14(21(23,24)25)10-18(17)27-20;/h2-11H,12H2,1H3,(H,26,27);1H/q+1;/p-1. The van der Waals surface area contributed by atoms with Gasteiger partial charge in [0.2, 0.25) is 0 Å². The van der Waals surface area contributed by atoms with Crippen LogP contribution < -0.4 is 17.0 Å². The molecule has 162 valence electrons. The molecule has 2 aromatic heterocycles. The summed E-state index contributed by atoms with van der Waals surface area (Å²) >= 11 is 6.04. The second-order valence-electron chi connectivity index (χ2n) is 6.60. The largest absolute Gasteiger partial charge is 1.00 e. The van der Waals surface area contributed by atoms with E-state index >= 15 is 0 Å². The molecule has 4 aromatic rings. The first-order chi connectivity index (χ1) is 14.3. The predicted molar refractivity (Wildman–Crippen MR) is 116 cm³/mol. The van der Waals surface area contributed by atoms with Crippen LogP contribution in [0.1, 0.15) is 16.8 Å². The number of aryl methyl sites for hydroxylation is 1. The number of rotatable bonds is 5. The first kappa shape index (κ1) is 23.8. The summed E-state index contributed by atoms with van der Waals surface area (Å²) in [5, 5.41) is 0.687. The fourth-order valence-electron chi connectivity index (χ4n) is 2.99. The van der Waals surface area contributed by atoms with Gasteiger partial charge in [0, 0.05) is 9.92 Å². The molecular formula is C21H16Cl2F3N3S2. The van der Waals surface area contributed by atoms with Crippen LogP contribution in [0.2, 0.25) is 5.02 Å². The third kappa shape index (κ3) is 5.49. The van der Waals surface area contributed by atoms with Crippen LogP contribution >= 0.6 is 33.2 Å². The molecule has 0 spiro atoms. The van der Waals surface area contributed by atoms with Crippen molar-refractivity contribution < 1.29 is 30.1 Å². The van der Waals surface area contributed by atoms with Crippen LogP contribution in [0, 0.1) is 6.92 Å². The van der Waals surface area contributed by atoms with Crippen molar-refractivity contribution in [2.45, 2.75) is 23.7 Å². The molecular weight excluding hydrogens is 486 g/mol. The highest BCUT2D eigenvalue weighted by molar-refractivity contribution is 8.76. The Bertz CT molecular complexity index is 1210. The topological polar surface area (TPSA) is 32.6 Å². The smallest absolute Gasteiger partial charge is 0.416 e. The molecule has 31 heavy (non-hydrogen) atoms. The Hall–Kier alpha value is -1.87. The van der Waals surface area contributed by atoms with Gasteiger partial charge in [-0.2, -0.15) is 13.2 Å². The molecule has 0 aliphatic carbocycles. The van der Waals surface area contributed by atoms with Crippen LogP contribution in [0.15, 0.2) is 65.7 Å². The van der Waals surface area contributed by atoms with Crippen LogP contribution in [-0.2, 0) is 11.9 Å². The van der Waals surface area contributed by atoms with Crippen LogP contribution in [0.25, 0.3) is 17.0 Å². The van der Waals surface area contributed by atoms with Gasteiger partial charge in [-0.1, -0.05) is 50.3 Å². The van der Waals surface area contributed by atoms with Crippen LogP contribution in [0.5, 0.6) is 0 Å². The summed E-state index contributed by atoms with van der Waals surface area (Å²) in [6.45, 7) is 2.00. The van der Waals surface area contributed by atoms with E-state index in [2.05, 4.69) is 9.97 Å². The zero-order valence-corrected chi connectivity index (χ0v) is 19.2. The lowest BCUT2D eigenvalue weighted by Crippen LogP contribution is -3.00. The van der Waals surface area contributed by atoms with Gasteiger partial charge >= 0.3 is 12.1 Å². The molecule has 0 saturated carbocycles. The fourth-order valence-corrected chi connectivity index (χ4v) is 5.45. The number of hydrogen-bond acceptors (Lipinski definition) is 3. The number of halogens is 5. The molecule has 1 N–H and O–H groups in total. The highest BCUT2D eigenvalue weighted by Crippen LogP contribution is 2.35. The van der Waals surface area contributed by atoms with Crippen molar-refractivity contribution >= 4 is 44.2 Å². The van der Waals surface area contributed by atoms with Crippen molar-refractivity contribution in [2.24, 2.45) is 0 Å². The second kappa shape index (κ2) is 9.73. The Morgan fingerprint density at radius 3 is 2.65 bits per heavy atom. The number of aromatic amines is 1. The summed E-state index contributed by atoms with van der Waals surface area (Å²) in [4.78, 5) is 8.59. The number of benzene rings is 2. The highest BCUT2D eigenvalue weighted by Gasteiger charge is 2.31. The highest BCUT2D eigenvalue weighted by atomic mass is 35.5. The minimum absolute atomic E-state index is 0. The first-order valence-electron chi connectivity index (χ1n) is 8.94. The van der Waals surface area contributed by atoms with Crippen LogP contribution in [0.4, 0.5) is 13.2 Å². The van der Waals surface area contributed by atoms with Gasteiger partial charge in [-0.15, -0.1) is 0 Å². The number of H-pyrrole nitrogens is 1. The number of pyridine rings is 1. The van der Waals surface area contributed by atoms with E-state index in [4.69, 9.17) is 11.6 Å². The molecule has 2 aromatic carbocycles. The van der Waals surface area contributed by atoms with E-state index < -0.39 is 11.7 Å². The maximum atomic E-state index is 13.0. The van der Waals surface area contributed by atoms with E-state index in [1.807, 2.05) is 54.1 Å². The number of imidazole rings is 1. The van der Waals surface area contributed by atoms with E-state index in [0.29, 0.717) is 22.2 Å². The van der Waals surface area contributed by atoms with Crippen molar-refractivity contribution in [2.75, 3.05) is 0 Å². The number of nitrogens with one attached hydrogen (secondary N) is 1. The Morgan fingerprint density at radius 2 is 1.90 bits per heavy atom. The van der Waals surface area contributed by atoms with Crippen LogP contribution in [-0.4, -0.2) is 9.97 Å². The molecule has 0 fully saturated rings. The van der Waals surface area contributed by atoms with Crippen molar-refractivity contribution in [1.82, 2.24) is 9.97 Å². The van der Waals surface area contributed by atoms with Crippen molar-refractivity contribution in [3.8, 4) is 5.95 Å². The molecule has 0 unspecified atom stereocenters. The van der Waals surface area contributed by atoms with Crippen molar-refractivity contribution in [1.29, 1.82) is 0 Å². The molecule has 4 rings (SSSR count). The molecule has 0 aliphatic heterocycles. The number of hydrogen-bond donors (Lipinski definition) is 1. The minimum atomic E-state index is -4.40. The number of nitrogens with zero attached hydrogens (tertiary/aromatic N) is 2. The maximum absolute atomic E-state index is 13.0. The summed E-state index contributed by atoms with van der Waals surface area (Å²) in [5.41, 5.74) is 2.19. The lowest BCUT2D eigenvalue weighted by Gasteiger charge is -2.08. The molecule has 10 heteroatoms. The number of aromatic nitrogens is 3. The number of alkyl halides is 3. The summed E-state index contributed by atoms with van der Waals surface area (Å²) in [5.74, 6) is 1.16. The average molecular weight is 502 g/mol. The zero-order valence-electron chi connectivity index (χ0n) is 16.1. The molecule has 0 atom stereocenters. The Balaban J connectivity index is 0.00000272. The van der Waals surface area contributed by atoms with E-state index in [1.54, 1.807) is 21.6 Å². The lowest BCUT2D eigenvalue weighted by molar-refractivity contribution is -0.610. The van der Waals surface area contributed by atoms with Gasteiger partial charge < -0.3 is 12.4 Å². The normalized spacial score (nSPS) is 11.5. The molecule has 0 radical (unpaired) electrons. The van der Waals surface area contributed by atoms with Gasteiger partial charge in [0.1, 0.15) is 5.52 Å². The summed E-state index contributed by atoms with van der Waals surface area (Å²) in [7, 11) is 3.27. The third-order valence-corrected chi connectivity index (χ3v) is 6.98. The van der Waals surface area contributed by atoms with Gasteiger partial charge in [-0.25, -0.2) is 9.55 Å². The number of fused-ring (bicyclic) bond motifs is 1. The van der Waals surface area contributed by atoms with Crippen LogP contribution in [0.3, 0.4) is 0 Å². The minimum Gasteiger partial charge on any atom is -1.00 e. The van der Waals surface area contributed by atoms with E-state index in [-0.39, 0.29) is 17.9 Å². The third-order valence-electron chi connectivity index (χ3n) is 4.50. The average Bonchev–Trinajstić information content (AvgIpc) is 3.12. The second-order valence-corrected chi connectivity index (χ2v) is 9.41. The van der Waals surface area contributed by atoms with E-state index in [9.17, 15) is 13.2 Å². The Labute approximate surface area is 196 Å². The molecule has 3 nitrogen and oxygen atoms in total. The fraction of sp³-hybridized carbons (Fsp3) is 0.143. The van der Waals surface area contributed by atoms with Crippen molar-refractivity contribution in [3.05, 3.63) is 82.6 Å². The molecule has 0 bridgehead atoms. The van der Waals surface area contributed by atoms with Gasteiger partial charge in [0.25, 0.3) is 0 Å². The molecule has 0 amide bonds. The summed E-state index contributed by atoms with van der Waals surface area (Å²) in [6, 6.07) is 15.1. The van der Waals surface area contributed by atoms with E-state index in [0.717, 1.165) is 28.3 Å². The summed E-state index contributed by atoms with van der Waals surface area (Å²) in [6.07, 6.45) is -2.54. The molecule has 0 aliphatic rings. The van der Waals surface area contributed by atoms with Gasteiger partial charge in [0.15, 0.2) is 5.52 Å². The van der Waals surface area contributed by atoms with E-state index in [1.165, 1.54) is 6.07 Å². The first-order valence-corrected chi connectivity index (χ1v) is 11.6. The molecule has 2 heterocycles. The Kier molecular flexibility index (Phi) is 7.47. The zero-order chi connectivity index (χ0) is 21.3. The Morgan fingerprint density at radius 1 is 1.10 bits per heavy atom. The van der Waals surface area contributed by atoms with Gasteiger partial charge in [-0.3, -0.25) is 0 Å². The quantitative estimate of drug-likeness (QED) is 0.333. The predicted octanol–water partition coefficient (Wildman–Crippen LogP) is 3.76. The lowest BCUT2D eigenvalue weighted by atomic mass is 10.2. The molecule has 0 saturated heterocycles. The maximum Gasteiger partial charge on any atom is 0.416 e. The van der Waals surface area contributed by atoms with Gasteiger partial charge in [-0.05, 0) is 55.0 Å². The summed E-state index contributed by atoms with van der Waals surface area (Å²) < 4.78 is 40.9. The van der Waals surface area contributed by atoms with Gasteiger partial charge in [0.05, 0.1) is 23.2 Å². The monoisotopic (exact) mass is 501 g/mol. The SMILES string of the molecule is Cc1ccc[n+](-c2nc3cc(C(F)(F)F)ccc3[nH]2)c1CSSc1cccc(Cl)c1.[Cl-]. The van der Waals surface area contributed by atoms with Crippen molar-refractivity contribution in [3.63, 3.8) is 0 Å².